The fourth-order valence-electron chi connectivity index (χ4n) is 5.63. The lowest BCUT2D eigenvalue weighted by molar-refractivity contribution is -0.152. The minimum Gasteiger partial charge on any atom is -0.374 e. The van der Waals surface area contributed by atoms with Crippen molar-refractivity contribution in [3.63, 3.8) is 0 Å². The number of Topliss-reactive ketones (excluding diaryl/α,β-unsaturated/α-hetero) is 1. The van der Waals surface area contributed by atoms with Crippen molar-refractivity contribution in [2.75, 3.05) is 41.9 Å². The summed E-state index contributed by atoms with van der Waals surface area (Å²) in [5, 5.41) is 2.83. The molecule has 0 bridgehead atoms. The van der Waals surface area contributed by atoms with Crippen LogP contribution in [-0.2, 0) is 11.3 Å². The third-order valence-electron chi connectivity index (χ3n) is 7.57. The highest BCUT2D eigenvalue weighted by Crippen LogP contribution is 2.63. The normalized spacial score (nSPS) is 29.1. The minimum atomic E-state index is -4.59. The fourth-order valence-corrected chi connectivity index (χ4v) is 5.63. The topological polar surface area (TPSA) is 92.6 Å². The summed E-state index contributed by atoms with van der Waals surface area (Å²) in [5.74, 6) is 0.584. The van der Waals surface area contributed by atoms with Crippen LogP contribution in [0.1, 0.15) is 23.2 Å². The Morgan fingerprint density at radius 2 is 2.18 bits per heavy atom. The number of hydrogen-bond donors (Lipinski definition) is 1. The Hall–Kier alpha value is -3.15. The molecule has 0 aromatic carbocycles. The summed E-state index contributed by atoms with van der Waals surface area (Å²) in [5.41, 5.74) is -0.421. The maximum absolute atomic E-state index is 14.0. The van der Waals surface area contributed by atoms with Crippen LogP contribution in [0, 0.1) is 5.92 Å². The molecule has 1 saturated carbocycles. The van der Waals surface area contributed by atoms with Gasteiger partial charge in [-0.25, -0.2) is 4.98 Å². The molecular formula is C22H23F3N6O3. The Bertz CT molecular complexity index is 1220. The molecule has 9 nitrogen and oxygen atoms in total. The predicted molar refractivity (Wildman–Crippen MR) is 116 cm³/mol. The number of aromatic nitrogens is 3. The van der Waals surface area contributed by atoms with E-state index in [1.54, 1.807) is 13.1 Å². The van der Waals surface area contributed by atoms with Gasteiger partial charge in [-0.1, -0.05) is 0 Å². The van der Waals surface area contributed by atoms with Crippen LogP contribution in [0.4, 0.5) is 30.8 Å². The second-order valence-electron chi connectivity index (χ2n) is 9.31. The summed E-state index contributed by atoms with van der Waals surface area (Å²) in [6, 6.07) is 2.55. The van der Waals surface area contributed by atoms with Crippen molar-refractivity contribution in [2.24, 2.45) is 5.92 Å². The van der Waals surface area contributed by atoms with E-state index in [0.717, 1.165) is 11.3 Å². The lowest BCUT2D eigenvalue weighted by Crippen LogP contribution is -2.63. The molecule has 1 spiro atoms. The number of ether oxygens (including phenoxy) is 1. The molecule has 34 heavy (non-hydrogen) atoms. The van der Waals surface area contributed by atoms with Gasteiger partial charge < -0.3 is 19.9 Å². The van der Waals surface area contributed by atoms with E-state index in [-0.39, 0.29) is 36.1 Å². The van der Waals surface area contributed by atoms with E-state index in [9.17, 15) is 22.8 Å². The SMILES string of the molecule is CNc1ccc(C(=O)CN2c3nc(N4CC5OCC6CC654)cc(=O)n3CC[C@H]2C(F)(F)F)cn1. The van der Waals surface area contributed by atoms with Crippen molar-refractivity contribution < 1.29 is 22.7 Å². The smallest absolute Gasteiger partial charge is 0.374 e. The first-order chi connectivity index (χ1) is 16.2. The van der Waals surface area contributed by atoms with Crippen LogP contribution >= 0.6 is 0 Å². The zero-order valence-corrected chi connectivity index (χ0v) is 18.4. The molecule has 2 aromatic rings. The third kappa shape index (κ3) is 3.04. The van der Waals surface area contributed by atoms with Crippen molar-refractivity contribution in [3.8, 4) is 0 Å². The molecule has 2 saturated heterocycles. The molecule has 3 unspecified atom stereocenters. The number of ketones is 1. The highest BCUT2D eigenvalue weighted by atomic mass is 19.4. The van der Waals surface area contributed by atoms with E-state index < -0.39 is 30.1 Å². The van der Waals surface area contributed by atoms with Gasteiger partial charge in [0.25, 0.3) is 5.56 Å². The van der Waals surface area contributed by atoms with E-state index in [1.165, 1.54) is 22.9 Å². The first-order valence-electron chi connectivity index (χ1n) is 11.2. The summed E-state index contributed by atoms with van der Waals surface area (Å²) in [6.07, 6.45) is -2.60. The molecule has 12 heteroatoms. The van der Waals surface area contributed by atoms with Gasteiger partial charge in [0.05, 0.1) is 24.8 Å². The second-order valence-corrected chi connectivity index (χ2v) is 9.31. The molecule has 3 aliphatic heterocycles. The van der Waals surface area contributed by atoms with Crippen molar-refractivity contribution in [1.29, 1.82) is 0 Å². The van der Waals surface area contributed by atoms with E-state index >= 15 is 0 Å². The average molecular weight is 476 g/mol. The van der Waals surface area contributed by atoms with Crippen molar-refractivity contribution >= 4 is 23.4 Å². The van der Waals surface area contributed by atoms with Crippen molar-refractivity contribution in [2.45, 2.75) is 43.2 Å². The zero-order chi connectivity index (χ0) is 23.8. The minimum absolute atomic E-state index is 0.0757. The quantitative estimate of drug-likeness (QED) is 0.652. The van der Waals surface area contributed by atoms with Gasteiger partial charge in [-0.05, 0) is 25.0 Å². The van der Waals surface area contributed by atoms with E-state index in [4.69, 9.17) is 4.74 Å². The number of halogens is 3. The van der Waals surface area contributed by atoms with Gasteiger partial charge in [-0.2, -0.15) is 18.2 Å². The Kier molecular flexibility index (Phi) is 4.51. The number of fused-ring (bicyclic) bond motifs is 1. The van der Waals surface area contributed by atoms with Crippen molar-refractivity contribution in [3.05, 3.63) is 40.3 Å². The largest absolute Gasteiger partial charge is 0.408 e. The van der Waals surface area contributed by atoms with Gasteiger partial charge in [0, 0.05) is 43.9 Å². The molecule has 2 aromatic heterocycles. The van der Waals surface area contributed by atoms with E-state index in [2.05, 4.69) is 15.3 Å². The van der Waals surface area contributed by atoms with Crippen LogP contribution in [0.3, 0.4) is 0 Å². The fraction of sp³-hybridized carbons (Fsp3) is 0.545. The van der Waals surface area contributed by atoms with E-state index in [1.807, 2.05) is 4.90 Å². The molecule has 180 valence electrons. The first kappa shape index (κ1) is 21.4. The molecule has 3 fully saturated rings. The van der Waals surface area contributed by atoms with Gasteiger partial charge >= 0.3 is 6.18 Å². The molecule has 5 heterocycles. The second kappa shape index (κ2) is 7.17. The molecule has 1 N–H and O–H groups in total. The number of hydrogen-bond acceptors (Lipinski definition) is 8. The molecule has 0 amide bonds. The number of alkyl halides is 3. The van der Waals surface area contributed by atoms with Crippen LogP contribution in [0.15, 0.2) is 29.2 Å². The third-order valence-corrected chi connectivity index (χ3v) is 7.57. The van der Waals surface area contributed by atoms with Crippen LogP contribution in [-0.4, -0.2) is 70.9 Å². The zero-order valence-electron chi connectivity index (χ0n) is 18.4. The summed E-state index contributed by atoms with van der Waals surface area (Å²) in [4.78, 5) is 37.4. The number of pyridine rings is 1. The van der Waals surface area contributed by atoms with Crippen LogP contribution in [0.5, 0.6) is 0 Å². The number of rotatable bonds is 5. The molecule has 6 rings (SSSR count). The monoisotopic (exact) mass is 476 g/mol. The summed E-state index contributed by atoms with van der Waals surface area (Å²) < 4.78 is 49.0. The van der Waals surface area contributed by atoms with Crippen LogP contribution in [0.25, 0.3) is 0 Å². The van der Waals surface area contributed by atoms with Crippen LogP contribution in [0.2, 0.25) is 0 Å². The summed E-state index contributed by atoms with van der Waals surface area (Å²) in [7, 11) is 1.67. The lowest BCUT2D eigenvalue weighted by Gasteiger charge is -2.47. The van der Waals surface area contributed by atoms with Crippen molar-refractivity contribution in [1.82, 2.24) is 14.5 Å². The highest BCUT2D eigenvalue weighted by Gasteiger charge is 2.74. The van der Waals surface area contributed by atoms with Gasteiger partial charge in [-0.3, -0.25) is 14.2 Å². The van der Waals surface area contributed by atoms with Gasteiger partial charge in [-0.15, -0.1) is 0 Å². The Labute approximate surface area is 192 Å². The summed E-state index contributed by atoms with van der Waals surface area (Å²) >= 11 is 0. The molecule has 4 atom stereocenters. The number of carbonyl (C=O) groups is 1. The Balaban J connectivity index is 1.36. The van der Waals surface area contributed by atoms with E-state index in [0.29, 0.717) is 30.7 Å². The highest BCUT2D eigenvalue weighted by molar-refractivity contribution is 5.99. The first-order valence-corrected chi connectivity index (χ1v) is 11.2. The lowest BCUT2D eigenvalue weighted by atomic mass is 9.95. The maximum Gasteiger partial charge on any atom is 0.408 e. The van der Waals surface area contributed by atoms with Gasteiger partial charge in [0.1, 0.15) is 17.7 Å². The molecular weight excluding hydrogens is 453 g/mol. The van der Waals surface area contributed by atoms with Crippen LogP contribution < -0.4 is 20.7 Å². The number of anilines is 3. The molecule has 1 aliphatic carbocycles. The summed E-state index contributed by atoms with van der Waals surface area (Å²) in [6.45, 7) is 0.522. The maximum atomic E-state index is 14.0. The Morgan fingerprint density at radius 3 is 2.82 bits per heavy atom. The average Bonchev–Trinajstić information content (AvgIpc) is 3.49. The number of nitrogens with one attached hydrogen (secondary N) is 1. The number of nitrogens with zero attached hydrogens (tertiary/aromatic N) is 5. The Morgan fingerprint density at radius 1 is 1.35 bits per heavy atom. The number of carbonyl (C=O) groups excluding carboxylic acids is 1. The molecule has 4 aliphatic rings. The predicted octanol–water partition coefficient (Wildman–Crippen LogP) is 1.68. The standard InChI is InChI=1S/C22H23F3N6O3/c1-26-17-3-2-12(8-27-17)14(32)9-30-15(22(23,24)25)4-5-29-19(33)6-18(28-20(29)30)31-10-16-21(31)7-13(21)11-34-16/h2-3,6,8,13,15-16H,4-5,7,9-11H2,1H3,(H,26,27)/t13?,15-,16?,21?/m0/s1. The molecule has 0 radical (unpaired) electrons. The van der Waals surface area contributed by atoms with Gasteiger partial charge in [0.15, 0.2) is 5.78 Å². The van der Waals surface area contributed by atoms with Gasteiger partial charge in [0.2, 0.25) is 5.95 Å².